The van der Waals surface area contributed by atoms with Crippen LogP contribution in [-0.2, 0) is 6.54 Å². The number of aliphatic hydroxyl groups is 2. The van der Waals surface area contributed by atoms with E-state index < -0.39 is 6.10 Å². The largest absolute Gasteiger partial charge is 0.394 e. The third-order valence-electron chi connectivity index (χ3n) is 1.94. The summed E-state index contributed by atoms with van der Waals surface area (Å²) in [6, 6.07) is 0. The predicted octanol–water partition coefficient (Wildman–Crippen LogP) is 0.203. The molecule has 0 spiro atoms. The number of nitrogens with zero attached hydrogens (tertiary/aromatic N) is 1. The summed E-state index contributed by atoms with van der Waals surface area (Å²) >= 11 is 1.66. The van der Waals surface area contributed by atoms with Crippen LogP contribution in [0.2, 0.25) is 0 Å². The molecule has 0 aliphatic rings. The first kappa shape index (κ1) is 11.6. The molecule has 3 N–H and O–H groups in total. The second-order valence-electron chi connectivity index (χ2n) is 3.22. The summed E-state index contributed by atoms with van der Waals surface area (Å²) in [5.41, 5.74) is 1.06. The molecule has 1 aromatic heterocycles. The summed E-state index contributed by atoms with van der Waals surface area (Å²) in [7, 11) is 0. The summed E-state index contributed by atoms with van der Waals surface area (Å²) in [6.45, 7) is 4.87. The standard InChI is InChI=1S/C9H16N2O2S/c1-6-7(2)14-9(11-6)4-10-3-8(13)5-12/h8,10,12-13H,3-5H2,1-2H3. The average Bonchev–Trinajstić information content (AvgIpc) is 2.46. The van der Waals surface area contributed by atoms with Crippen LogP contribution in [0.15, 0.2) is 0 Å². The van der Waals surface area contributed by atoms with E-state index in [4.69, 9.17) is 10.2 Å². The van der Waals surface area contributed by atoms with Crippen LogP contribution in [-0.4, -0.2) is 34.5 Å². The summed E-state index contributed by atoms with van der Waals surface area (Å²) < 4.78 is 0. The number of hydrogen-bond acceptors (Lipinski definition) is 5. The fraction of sp³-hybridized carbons (Fsp3) is 0.667. The Bertz CT molecular complexity index is 269. The monoisotopic (exact) mass is 216 g/mol. The minimum absolute atomic E-state index is 0.205. The normalized spacial score (nSPS) is 13.1. The van der Waals surface area contributed by atoms with Gasteiger partial charge in [-0.2, -0.15) is 0 Å². The first-order chi connectivity index (χ1) is 6.63. The second kappa shape index (κ2) is 5.41. The van der Waals surface area contributed by atoms with Crippen LogP contribution in [0, 0.1) is 13.8 Å². The van der Waals surface area contributed by atoms with Crippen LogP contribution in [0.1, 0.15) is 15.6 Å². The highest BCUT2D eigenvalue weighted by Gasteiger charge is 2.04. The Labute approximate surface area is 87.6 Å². The van der Waals surface area contributed by atoms with Crippen molar-refractivity contribution in [3.05, 3.63) is 15.6 Å². The molecule has 1 rings (SSSR count). The molecule has 1 unspecified atom stereocenters. The van der Waals surface area contributed by atoms with Gasteiger partial charge >= 0.3 is 0 Å². The number of hydrogen-bond donors (Lipinski definition) is 3. The first-order valence-corrected chi connectivity index (χ1v) is 5.37. The van der Waals surface area contributed by atoms with Crippen molar-refractivity contribution >= 4 is 11.3 Å². The van der Waals surface area contributed by atoms with E-state index in [1.807, 2.05) is 13.8 Å². The van der Waals surface area contributed by atoms with Gasteiger partial charge in [-0.1, -0.05) is 0 Å². The Morgan fingerprint density at radius 2 is 2.21 bits per heavy atom. The van der Waals surface area contributed by atoms with E-state index in [1.165, 1.54) is 4.88 Å². The van der Waals surface area contributed by atoms with Crippen molar-refractivity contribution in [2.24, 2.45) is 0 Å². The molecule has 0 saturated heterocycles. The van der Waals surface area contributed by atoms with Gasteiger partial charge in [0.25, 0.3) is 0 Å². The summed E-state index contributed by atoms with van der Waals surface area (Å²) in [6.07, 6.45) is -0.683. The number of aryl methyl sites for hydroxylation is 2. The SMILES string of the molecule is Cc1nc(CNCC(O)CO)sc1C. The topological polar surface area (TPSA) is 65.4 Å². The number of rotatable bonds is 5. The van der Waals surface area contributed by atoms with Crippen molar-refractivity contribution < 1.29 is 10.2 Å². The maximum absolute atomic E-state index is 9.07. The van der Waals surface area contributed by atoms with Gasteiger partial charge in [0.05, 0.1) is 18.4 Å². The van der Waals surface area contributed by atoms with Gasteiger partial charge in [-0.3, -0.25) is 0 Å². The molecule has 0 saturated carbocycles. The van der Waals surface area contributed by atoms with Crippen molar-refractivity contribution in [1.82, 2.24) is 10.3 Å². The van der Waals surface area contributed by atoms with E-state index in [2.05, 4.69) is 10.3 Å². The Hall–Kier alpha value is -0.490. The number of aliphatic hydroxyl groups excluding tert-OH is 2. The summed E-state index contributed by atoms with van der Waals surface area (Å²) in [4.78, 5) is 5.57. The minimum atomic E-state index is -0.683. The van der Waals surface area contributed by atoms with Gasteiger partial charge in [-0.25, -0.2) is 4.98 Å². The third kappa shape index (κ3) is 3.34. The molecule has 0 aliphatic carbocycles. The van der Waals surface area contributed by atoms with E-state index in [9.17, 15) is 0 Å². The first-order valence-electron chi connectivity index (χ1n) is 4.56. The quantitative estimate of drug-likeness (QED) is 0.658. The average molecular weight is 216 g/mol. The molecule has 0 aliphatic heterocycles. The van der Waals surface area contributed by atoms with Gasteiger partial charge < -0.3 is 15.5 Å². The number of aromatic nitrogens is 1. The zero-order chi connectivity index (χ0) is 10.6. The second-order valence-corrected chi connectivity index (χ2v) is 4.50. The molecule has 5 heteroatoms. The molecular formula is C9H16N2O2S. The Morgan fingerprint density at radius 3 is 2.71 bits per heavy atom. The van der Waals surface area contributed by atoms with Gasteiger partial charge in [-0.05, 0) is 13.8 Å². The Kier molecular flexibility index (Phi) is 4.47. The van der Waals surface area contributed by atoms with Crippen molar-refractivity contribution in [1.29, 1.82) is 0 Å². The fourth-order valence-corrected chi connectivity index (χ4v) is 1.93. The minimum Gasteiger partial charge on any atom is -0.394 e. The molecule has 0 amide bonds. The van der Waals surface area contributed by atoms with E-state index in [1.54, 1.807) is 11.3 Å². The van der Waals surface area contributed by atoms with Crippen LogP contribution < -0.4 is 5.32 Å². The zero-order valence-corrected chi connectivity index (χ0v) is 9.27. The molecule has 4 nitrogen and oxygen atoms in total. The van der Waals surface area contributed by atoms with Gasteiger partial charge in [0.1, 0.15) is 5.01 Å². The van der Waals surface area contributed by atoms with Crippen molar-refractivity contribution in [2.45, 2.75) is 26.5 Å². The summed E-state index contributed by atoms with van der Waals surface area (Å²) in [5, 5.41) is 21.7. The van der Waals surface area contributed by atoms with E-state index >= 15 is 0 Å². The highest BCUT2D eigenvalue weighted by molar-refractivity contribution is 7.11. The fourth-order valence-electron chi connectivity index (χ4n) is 1.03. The van der Waals surface area contributed by atoms with Crippen molar-refractivity contribution in [2.75, 3.05) is 13.2 Å². The van der Waals surface area contributed by atoms with Crippen LogP contribution in [0.4, 0.5) is 0 Å². The highest BCUT2D eigenvalue weighted by Crippen LogP contribution is 2.15. The maximum atomic E-state index is 9.07. The molecule has 14 heavy (non-hydrogen) atoms. The van der Waals surface area contributed by atoms with Crippen LogP contribution in [0.5, 0.6) is 0 Å². The van der Waals surface area contributed by atoms with E-state index in [-0.39, 0.29) is 6.61 Å². The molecule has 1 heterocycles. The number of thiazole rings is 1. The lowest BCUT2D eigenvalue weighted by Gasteiger charge is -2.06. The lowest BCUT2D eigenvalue weighted by Crippen LogP contribution is -2.28. The molecule has 0 aromatic carbocycles. The molecule has 0 bridgehead atoms. The Balaban J connectivity index is 2.31. The predicted molar refractivity (Wildman–Crippen MR) is 56.4 cm³/mol. The van der Waals surface area contributed by atoms with Crippen LogP contribution in [0.25, 0.3) is 0 Å². The molecule has 0 radical (unpaired) electrons. The molecule has 1 atom stereocenters. The molecule has 0 fully saturated rings. The summed E-state index contributed by atoms with van der Waals surface area (Å²) in [5.74, 6) is 0. The number of nitrogens with one attached hydrogen (secondary N) is 1. The van der Waals surface area contributed by atoms with E-state index in [0.29, 0.717) is 13.1 Å². The van der Waals surface area contributed by atoms with Crippen molar-refractivity contribution in [3.8, 4) is 0 Å². The van der Waals surface area contributed by atoms with Gasteiger partial charge in [0.2, 0.25) is 0 Å². The zero-order valence-electron chi connectivity index (χ0n) is 8.45. The van der Waals surface area contributed by atoms with Crippen LogP contribution in [0.3, 0.4) is 0 Å². The van der Waals surface area contributed by atoms with E-state index in [0.717, 1.165) is 10.7 Å². The maximum Gasteiger partial charge on any atom is 0.107 e. The smallest absolute Gasteiger partial charge is 0.107 e. The molecule has 80 valence electrons. The Morgan fingerprint density at radius 1 is 1.50 bits per heavy atom. The van der Waals surface area contributed by atoms with Gasteiger partial charge in [-0.15, -0.1) is 11.3 Å². The molecule has 1 aromatic rings. The highest BCUT2D eigenvalue weighted by atomic mass is 32.1. The lowest BCUT2D eigenvalue weighted by atomic mass is 10.4. The van der Waals surface area contributed by atoms with Crippen LogP contribution >= 0.6 is 11.3 Å². The van der Waals surface area contributed by atoms with Crippen molar-refractivity contribution in [3.63, 3.8) is 0 Å². The lowest BCUT2D eigenvalue weighted by molar-refractivity contribution is 0.0942. The van der Waals surface area contributed by atoms with Gasteiger partial charge in [0.15, 0.2) is 0 Å². The van der Waals surface area contributed by atoms with Gasteiger partial charge in [0, 0.05) is 18.0 Å². The molecular weight excluding hydrogens is 200 g/mol. The third-order valence-corrected chi connectivity index (χ3v) is 3.01.